The van der Waals surface area contributed by atoms with Crippen LogP contribution in [0.4, 0.5) is 0 Å². The van der Waals surface area contributed by atoms with Gasteiger partial charge in [-0.25, -0.2) is 9.79 Å². The number of thiazole rings is 1. The Morgan fingerprint density at radius 2 is 2.07 bits per heavy atom. The van der Waals surface area contributed by atoms with E-state index in [0.717, 1.165) is 9.75 Å². The van der Waals surface area contributed by atoms with Gasteiger partial charge in [-0.3, -0.25) is 9.36 Å². The van der Waals surface area contributed by atoms with E-state index in [1.807, 2.05) is 41.1 Å². The Labute approximate surface area is 167 Å². The third kappa shape index (κ3) is 3.24. The summed E-state index contributed by atoms with van der Waals surface area (Å²) < 4.78 is 7.48. The van der Waals surface area contributed by atoms with E-state index >= 15 is 0 Å². The van der Waals surface area contributed by atoms with Crippen LogP contribution in [0.25, 0.3) is 6.08 Å². The van der Waals surface area contributed by atoms with Crippen molar-refractivity contribution in [3.63, 3.8) is 0 Å². The zero-order valence-electron chi connectivity index (χ0n) is 14.7. The number of hydrogen-bond donors (Lipinski definition) is 0. The van der Waals surface area contributed by atoms with Crippen molar-refractivity contribution in [1.82, 2.24) is 4.57 Å². The minimum Gasteiger partial charge on any atom is -0.463 e. The van der Waals surface area contributed by atoms with Crippen molar-refractivity contribution >= 4 is 46.1 Å². The van der Waals surface area contributed by atoms with E-state index in [9.17, 15) is 9.59 Å². The molecule has 0 aliphatic carbocycles. The quantitative estimate of drug-likeness (QED) is 0.615. The SMILES string of the molecule is CCOC(=O)C1=C(C)N=c2s/c(=C\c3cccs3)c(=O)n2[C@@H]1c1cccs1. The first-order valence-electron chi connectivity index (χ1n) is 8.36. The maximum absolute atomic E-state index is 13.2. The van der Waals surface area contributed by atoms with Crippen molar-refractivity contribution < 1.29 is 9.53 Å². The van der Waals surface area contributed by atoms with Gasteiger partial charge < -0.3 is 4.74 Å². The van der Waals surface area contributed by atoms with Gasteiger partial charge in [-0.15, -0.1) is 22.7 Å². The molecule has 4 heterocycles. The molecule has 0 radical (unpaired) electrons. The molecule has 8 heteroatoms. The lowest BCUT2D eigenvalue weighted by atomic mass is 10.0. The van der Waals surface area contributed by atoms with Gasteiger partial charge in [-0.1, -0.05) is 23.5 Å². The summed E-state index contributed by atoms with van der Waals surface area (Å²) in [5.74, 6) is -0.426. The number of carbonyl (C=O) groups is 1. The van der Waals surface area contributed by atoms with Crippen LogP contribution in [0.5, 0.6) is 0 Å². The molecule has 0 unspecified atom stereocenters. The molecule has 27 heavy (non-hydrogen) atoms. The predicted molar refractivity (Wildman–Crippen MR) is 109 cm³/mol. The molecular formula is C19H16N2O3S3. The highest BCUT2D eigenvalue weighted by molar-refractivity contribution is 7.11. The zero-order valence-corrected chi connectivity index (χ0v) is 17.1. The summed E-state index contributed by atoms with van der Waals surface area (Å²) in [7, 11) is 0. The predicted octanol–water partition coefficient (Wildman–Crippen LogP) is 2.92. The Kier molecular flexibility index (Phi) is 4.94. The van der Waals surface area contributed by atoms with Gasteiger partial charge in [0.1, 0.15) is 6.04 Å². The summed E-state index contributed by atoms with van der Waals surface area (Å²) in [4.78, 5) is 32.9. The number of thiophene rings is 2. The molecule has 0 saturated heterocycles. The van der Waals surface area contributed by atoms with Crippen LogP contribution in [0.1, 0.15) is 29.6 Å². The van der Waals surface area contributed by atoms with Crippen molar-refractivity contribution in [2.45, 2.75) is 19.9 Å². The lowest BCUT2D eigenvalue weighted by Crippen LogP contribution is -2.39. The summed E-state index contributed by atoms with van der Waals surface area (Å²) in [5, 5.41) is 3.91. The first-order chi connectivity index (χ1) is 13.1. The maximum Gasteiger partial charge on any atom is 0.338 e. The number of fused-ring (bicyclic) bond motifs is 1. The second kappa shape index (κ2) is 7.38. The average molecular weight is 417 g/mol. The normalized spacial score (nSPS) is 17.0. The summed E-state index contributed by atoms with van der Waals surface area (Å²) >= 11 is 4.43. The van der Waals surface area contributed by atoms with Crippen LogP contribution in [0, 0.1) is 0 Å². The summed E-state index contributed by atoms with van der Waals surface area (Å²) in [5.41, 5.74) is 0.880. The molecule has 0 aromatic carbocycles. The van der Waals surface area contributed by atoms with Crippen LogP contribution in [0.3, 0.4) is 0 Å². The van der Waals surface area contributed by atoms with E-state index < -0.39 is 12.0 Å². The lowest BCUT2D eigenvalue weighted by Gasteiger charge is -2.23. The summed E-state index contributed by atoms with van der Waals surface area (Å²) in [6.45, 7) is 3.84. The Hall–Kier alpha value is -2.29. The average Bonchev–Trinajstić information content (AvgIpc) is 3.38. The monoisotopic (exact) mass is 416 g/mol. The number of hydrogen-bond acceptors (Lipinski definition) is 7. The maximum atomic E-state index is 13.2. The Morgan fingerprint density at radius 1 is 1.30 bits per heavy atom. The number of nitrogens with zero attached hydrogens (tertiary/aromatic N) is 2. The molecule has 0 amide bonds. The van der Waals surface area contributed by atoms with Crippen LogP contribution < -0.4 is 14.9 Å². The van der Waals surface area contributed by atoms with Crippen molar-refractivity contribution in [3.05, 3.63) is 75.7 Å². The van der Waals surface area contributed by atoms with Gasteiger partial charge in [0.25, 0.3) is 5.56 Å². The molecule has 1 aliphatic heterocycles. The third-order valence-electron chi connectivity index (χ3n) is 4.15. The molecule has 0 bridgehead atoms. The minimum atomic E-state index is -0.509. The molecule has 5 nitrogen and oxygen atoms in total. The first-order valence-corrected chi connectivity index (χ1v) is 10.9. The number of allylic oxidation sites excluding steroid dienone is 1. The van der Waals surface area contributed by atoms with Crippen LogP contribution in [-0.2, 0) is 9.53 Å². The molecule has 0 N–H and O–H groups in total. The largest absolute Gasteiger partial charge is 0.463 e. The minimum absolute atomic E-state index is 0.139. The van der Waals surface area contributed by atoms with E-state index in [0.29, 0.717) is 20.6 Å². The molecule has 3 aromatic heterocycles. The zero-order chi connectivity index (χ0) is 19.0. The standard InChI is InChI=1S/C19H16N2O3S3/c1-3-24-18(23)15-11(2)20-19-21(16(15)13-7-5-9-26-13)17(22)14(27-19)10-12-6-4-8-25-12/h4-10,16H,3H2,1-2H3/b14-10-/t16-/m1/s1. The number of aromatic nitrogens is 1. The van der Waals surface area contributed by atoms with Gasteiger partial charge in [0, 0.05) is 9.75 Å². The fourth-order valence-corrected chi connectivity index (χ4v) is 5.60. The lowest BCUT2D eigenvalue weighted by molar-refractivity contribution is -0.139. The van der Waals surface area contributed by atoms with E-state index in [1.165, 1.54) is 22.7 Å². The van der Waals surface area contributed by atoms with Crippen LogP contribution in [0.2, 0.25) is 0 Å². The van der Waals surface area contributed by atoms with E-state index in [4.69, 9.17) is 4.74 Å². The molecule has 0 fully saturated rings. The van der Waals surface area contributed by atoms with Crippen LogP contribution in [-0.4, -0.2) is 17.1 Å². The molecule has 1 aliphatic rings. The van der Waals surface area contributed by atoms with Crippen molar-refractivity contribution in [2.75, 3.05) is 6.61 Å². The topological polar surface area (TPSA) is 60.7 Å². The summed E-state index contributed by atoms with van der Waals surface area (Å²) in [6.07, 6.45) is 1.88. The molecule has 4 rings (SSSR count). The van der Waals surface area contributed by atoms with E-state index in [1.54, 1.807) is 29.8 Å². The first kappa shape index (κ1) is 18.1. The second-order valence-corrected chi connectivity index (χ2v) is 8.80. The highest BCUT2D eigenvalue weighted by Crippen LogP contribution is 2.33. The molecule has 138 valence electrons. The number of esters is 1. The van der Waals surface area contributed by atoms with Gasteiger partial charge in [0.05, 0.1) is 22.4 Å². The second-order valence-electron chi connectivity index (χ2n) is 5.83. The van der Waals surface area contributed by atoms with E-state index in [-0.39, 0.29) is 12.2 Å². The smallest absolute Gasteiger partial charge is 0.338 e. The van der Waals surface area contributed by atoms with Gasteiger partial charge in [-0.05, 0) is 42.8 Å². The van der Waals surface area contributed by atoms with Crippen molar-refractivity contribution in [1.29, 1.82) is 0 Å². The molecule has 0 saturated carbocycles. The van der Waals surface area contributed by atoms with Gasteiger partial charge in [0.15, 0.2) is 4.80 Å². The summed E-state index contributed by atoms with van der Waals surface area (Å²) in [6, 6.07) is 7.26. The van der Waals surface area contributed by atoms with Gasteiger partial charge in [-0.2, -0.15) is 0 Å². The van der Waals surface area contributed by atoms with Crippen molar-refractivity contribution in [3.8, 4) is 0 Å². The number of carbonyl (C=O) groups excluding carboxylic acids is 1. The highest BCUT2D eigenvalue weighted by atomic mass is 32.1. The van der Waals surface area contributed by atoms with E-state index in [2.05, 4.69) is 4.99 Å². The molecule has 0 spiro atoms. The van der Waals surface area contributed by atoms with Crippen LogP contribution >= 0.6 is 34.0 Å². The molecule has 3 aromatic rings. The Morgan fingerprint density at radius 3 is 2.74 bits per heavy atom. The molecular weight excluding hydrogens is 400 g/mol. The number of rotatable bonds is 4. The molecule has 1 atom stereocenters. The third-order valence-corrected chi connectivity index (χ3v) is 6.87. The van der Waals surface area contributed by atoms with Crippen LogP contribution in [0.15, 0.2) is 56.1 Å². The van der Waals surface area contributed by atoms with Gasteiger partial charge >= 0.3 is 5.97 Å². The van der Waals surface area contributed by atoms with Crippen molar-refractivity contribution in [2.24, 2.45) is 4.99 Å². The number of ether oxygens (including phenoxy) is 1. The Balaban J connectivity index is 1.96. The Bertz CT molecular complexity index is 1180. The highest BCUT2D eigenvalue weighted by Gasteiger charge is 2.33. The van der Waals surface area contributed by atoms with Gasteiger partial charge in [0.2, 0.25) is 0 Å². The fourth-order valence-electron chi connectivity index (χ4n) is 3.01. The fraction of sp³-hybridized carbons (Fsp3) is 0.211.